The van der Waals surface area contributed by atoms with Crippen molar-refractivity contribution in [1.82, 2.24) is 24.6 Å². The number of anilines is 2. The van der Waals surface area contributed by atoms with Crippen molar-refractivity contribution in [2.24, 2.45) is 0 Å². The highest BCUT2D eigenvalue weighted by Gasteiger charge is 2.45. The van der Waals surface area contributed by atoms with Crippen molar-refractivity contribution in [2.45, 2.75) is 69.3 Å². The second-order valence-electron chi connectivity index (χ2n) is 10.8. The number of alkyl halides is 3. The van der Waals surface area contributed by atoms with Crippen molar-refractivity contribution in [3.63, 3.8) is 0 Å². The molecule has 0 bridgehead atoms. The fourth-order valence-corrected chi connectivity index (χ4v) is 5.75. The Hall–Kier alpha value is -2.76. The smallest absolute Gasteiger partial charge is 0.389 e. The number of piperidine rings is 1. The molecule has 1 aromatic carbocycles. The minimum atomic E-state index is -4.48. The Kier molecular flexibility index (Phi) is 5.92. The number of aliphatic hydroxyl groups excluding tert-OH is 1. The molecule has 1 unspecified atom stereocenters. The van der Waals surface area contributed by atoms with Crippen LogP contribution in [0.25, 0.3) is 10.9 Å². The van der Waals surface area contributed by atoms with Crippen molar-refractivity contribution in [3.8, 4) is 0 Å². The van der Waals surface area contributed by atoms with Crippen LogP contribution in [0.4, 0.5) is 24.8 Å². The number of rotatable bonds is 5. The molecule has 198 valence electrons. The first-order valence-corrected chi connectivity index (χ1v) is 12.8. The highest BCUT2D eigenvalue weighted by Crippen LogP contribution is 2.42. The van der Waals surface area contributed by atoms with E-state index < -0.39 is 23.4 Å². The van der Waals surface area contributed by atoms with Gasteiger partial charge in [0.2, 0.25) is 5.95 Å². The average molecular weight is 517 g/mol. The lowest BCUT2D eigenvalue weighted by molar-refractivity contribution is -0.138. The number of likely N-dealkylation sites (tertiary alicyclic amines) is 1. The summed E-state index contributed by atoms with van der Waals surface area (Å²) in [7, 11) is 0. The van der Waals surface area contributed by atoms with Crippen LogP contribution >= 0.6 is 0 Å². The van der Waals surface area contributed by atoms with Crippen LogP contribution in [0, 0.1) is 6.92 Å². The van der Waals surface area contributed by atoms with Crippen molar-refractivity contribution in [2.75, 3.05) is 31.6 Å². The van der Waals surface area contributed by atoms with Crippen molar-refractivity contribution in [3.05, 3.63) is 41.3 Å². The number of benzene rings is 1. The number of aliphatic hydroxyl groups is 1. The summed E-state index contributed by atoms with van der Waals surface area (Å²) in [5.41, 5.74) is 1.40. The summed E-state index contributed by atoms with van der Waals surface area (Å²) in [6, 6.07) is 3.20. The lowest BCUT2D eigenvalue weighted by Gasteiger charge is -2.44. The molecular weight excluding hydrogens is 485 g/mol. The van der Waals surface area contributed by atoms with Crippen LogP contribution in [0.2, 0.25) is 0 Å². The Morgan fingerprint density at radius 3 is 2.54 bits per heavy atom. The molecule has 6 rings (SSSR count). The second kappa shape index (κ2) is 8.92. The molecular formula is C26H31F3N6O2. The first-order valence-electron chi connectivity index (χ1n) is 12.8. The van der Waals surface area contributed by atoms with Crippen molar-refractivity contribution in [1.29, 1.82) is 0 Å². The van der Waals surface area contributed by atoms with Crippen LogP contribution < -0.4 is 5.32 Å². The molecule has 2 atom stereocenters. The van der Waals surface area contributed by atoms with E-state index in [9.17, 15) is 18.3 Å². The van der Waals surface area contributed by atoms with E-state index in [2.05, 4.69) is 25.3 Å². The number of fused-ring (bicyclic) bond motifs is 1. The number of nitrogens with zero attached hydrogens (tertiary/aromatic N) is 5. The molecule has 0 amide bonds. The maximum Gasteiger partial charge on any atom is 0.416 e. The number of hydrogen-bond acceptors (Lipinski definition) is 7. The number of ether oxygens (including phenoxy) is 1. The third-order valence-corrected chi connectivity index (χ3v) is 8.29. The van der Waals surface area contributed by atoms with Crippen molar-refractivity contribution < 1.29 is 23.0 Å². The zero-order chi connectivity index (χ0) is 25.9. The number of aromatic nitrogens is 4. The molecule has 1 saturated carbocycles. The topological polar surface area (TPSA) is 88.3 Å². The fraction of sp³-hybridized carbons (Fsp3) is 0.577. The van der Waals surface area contributed by atoms with Gasteiger partial charge in [-0.1, -0.05) is 0 Å². The molecule has 3 aromatic rings. The molecule has 3 fully saturated rings. The van der Waals surface area contributed by atoms with Crippen LogP contribution in [-0.4, -0.2) is 67.7 Å². The van der Waals surface area contributed by atoms with Crippen LogP contribution in [0.3, 0.4) is 0 Å². The molecule has 2 aliphatic heterocycles. The third kappa shape index (κ3) is 4.46. The van der Waals surface area contributed by atoms with Gasteiger partial charge < -0.3 is 15.2 Å². The second-order valence-corrected chi connectivity index (χ2v) is 10.8. The predicted octanol–water partition coefficient (Wildman–Crippen LogP) is 4.56. The lowest BCUT2D eigenvalue weighted by atomic mass is 9.83. The summed E-state index contributed by atoms with van der Waals surface area (Å²) >= 11 is 0. The van der Waals surface area contributed by atoms with Crippen LogP contribution in [0.15, 0.2) is 24.5 Å². The molecule has 2 saturated heterocycles. The predicted molar refractivity (Wildman–Crippen MR) is 132 cm³/mol. The van der Waals surface area contributed by atoms with E-state index in [-0.39, 0.29) is 18.1 Å². The molecule has 2 aromatic heterocycles. The summed E-state index contributed by atoms with van der Waals surface area (Å²) in [6.07, 6.45) is 1.46. The van der Waals surface area contributed by atoms with E-state index in [4.69, 9.17) is 4.74 Å². The molecule has 4 heterocycles. The Morgan fingerprint density at radius 1 is 1.14 bits per heavy atom. The maximum absolute atomic E-state index is 14.1. The summed E-state index contributed by atoms with van der Waals surface area (Å²) in [4.78, 5) is 11.0. The van der Waals surface area contributed by atoms with Gasteiger partial charge in [0.1, 0.15) is 0 Å². The zero-order valence-corrected chi connectivity index (χ0v) is 20.9. The Labute approximate surface area is 212 Å². The van der Waals surface area contributed by atoms with Gasteiger partial charge >= 0.3 is 6.18 Å². The molecule has 11 heteroatoms. The standard InChI is InChI=1S/C26H31F3N6O2/c1-15-22(12-31-35(15)18-3-4-18)33-24-30-11-17-9-20(26(27,28)29)19(10-21(17)32-24)16-5-7-34(8-6-16)25(2)14-37-13-23(25)36/h9-12,16,18,23,36H,3-8,13-14H2,1-2H3,(H,30,32,33)/t23-,25?/m1/s1. The van der Waals surface area contributed by atoms with Crippen LogP contribution in [-0.2, 0) is 10.9 Å². The number of hydrogen-bond donors (Lipinski definition) is 2. The third-order valence-electron chi connectivity index (χ3n) is 8.29. The molecule has 0 spiro atoms. The highest BCUT2D eigenvalue weighted by molar-refractivity contribution is 5.81. The monoisotopic (exact) mass is 516 g/mol. The van der Waals surface area contributed by atoms with Gasteiger partial charge in [-0.25, -0.2) is 9.97 Å². The Bertz CT molecular complexity index is 1320. The van der Waals surface area contributed by atoms with Crippen molar-refractivity contribution >= 4 is 22.5 Å². The normalized spacial score (nSPS) is 25.7. The van der Waals surface area contributed by atoms with Gasteiger partial charge in [0.05, 0.1) is 59.6 Å². The fourth-order valence-electron chi connectivity index (χ4n) is 5.75. The van der Waals surface area contributed by atoms with Crippen LogP contribution in [0.1, 0.15) is 61.4 Å². The van der Waals surface area contributed by atoms with Gasteiger partial charge in [0.25, 0.3) is 0 Å². The maximum atomic E-state index is 14.1. The van der Waals surface area contributed by atoms with E-state index in [0.29, 0.717) is 55.4 Å². The first kappa shape index (κ1) is 24.6. The first-order chi connectivity index (χ1) is 17.6. The van der Waals surface area contributed by atoms with E-state index in [1.165, 1.54) is 12.3 Å². The molecule has 2 N–H and O–H groups in total. The summed E-state index contributed by atoms with van der Waals surface area (Å²) < 4.78 is 49.8. The summed E-state index contributed by atoms with van der Waals surface area (Å²) in [5, 5.41) is 18.4. The summed E-state index contributed by atoms with van der Waals surface area (Å²) in [6.45, 7) is 5.84. The van der Waals surface area contributed by atoms with Gasteiger partial charge in [0, 0.05) is 11.6 Å². The number of halogens is 3. The Balaban J connectivity index is 1.28. The van der Waals surface area contributed by atoms with Crippen LogP contribution in [0.5, 0.6) is 0 Å². The molecule has 1 aliphatic carbocycles. The largest absolute Gasteiger partial charge is 0.416 e. The molecule has 8 nitrogen and oxygen atoms in total. The van der Waals surface area contributed by atoms with E-state index in [1.54, 1.807) is 12.3 Å². The average Bonchev–Trinajstić information content (AvgIpc) is 3.57. The lowest BCUT2D eigenvalue weighted by Crippen LogP contribution is -2.56. The van der Waals surface area contributed by atoms with E-state index in [0.717, 1.165) is 24.2 Å². The minimum absolute atomic E-state index is 0.259. The zero-order valence-electron chi connectivity index (χ0n) is 20.9. The quantitative estimate of drug-likeness (QED) is 0.514. The molecule has 3 aliphatic rings. The SMILES string of the molecule is Cc1c(Nc2ncc3cc(C(F)(F)F)c(C4CCN(C5(C)COC[C@H]5O)CC4)cc3n2)cnn1C1CC1. The van der Waals surface area contributed by atoms with Gasteiger partial charge in [-0.3, -0.25) is 9.58 Å². The molecule has 0 radical (unpaired) electrons. The number of nitrogens with one attached hydrogen (secondary N) is 1. The highest BCUT2D eigenvalue weighted by atomic mass is 19.4. The van der Waals surface area contributed by atoms with E-state index >= 15 is 0 Å². The molecule has 37 heavy (non-hydrogen) atoms. The van der Waals surface area contributed by atoms with Gasteiger partial charge in [-0.15, -0.1) is 0 Å². The van der Waals surface area contributed by atoms with Gasteiger partial charge in [0.15, 0.2) is 0 Å². The van der Waals surface area contributed by atoms with Gasteiger partial charge in [-0.2, -0.15) is 18.3 Å². The van der Waals surface area contributed by atoms with E-state index in [1.807, 2.05) is 18.5 Å². The van der Waals surface area contributed by atoms with Gasteiger partial charge in [-0.05, 0) is 76.2 Å². The Morgan fingerprint density at radius 2 is 1.89 bits per heavy atom. The summed E-state index contributed by atoms with van der Waals surface area (Å²) in [5.74, 6) is 0.0698. The minimum Gasteiger partial charge on any atom is -0.389 e.